The van der Waals surface area contributed by atoms with E-state index < -0.39 is 6.10 Å². The van der Waals surface area contributed by atoms with Crippen molar-refractivity contribution in [1.82, 2.24) is 0 Å². The zero-order chi connectivity index (χ0) is 15.0. The summed E-state index contributed by atoms with van der Waals surface area (Å²) < 4.78 is 13.2. The molecule has 1 atom stereocenters. The molecule has 1 aliphatic rings. The maximum atomic E-state index is 13.2. The Hall–Kier alpha value is -2.20. The Morgan fingerprint density at radius 2 is 2.05 bits per heavy atom. The zero-order valence-electron chi connectivity index (χ0n) is 11.7. The average Bonchev–Trinajstić information content (AvgIpc) is 2.47. The maximum Gasteiger partial charge on any atom is 0.258 e. The van der Waals surface area contributed by atoms with Crippen LogP contribution in [0.25, 0.3) is 0 Å². The van der Waals surface area contributed by atoms with Crippen molar-refractivity contribution in [3.63, 3.8) is 0 Å². The second kappa shape index (κ2) is 5.30. The molecule has 3 nitrogen and oxygen atoms in total. The molecule has 2 aromatic rings. The van der Waals surface area contributed by atoms with Crippen LogP contribution in [0.15, 0.2) is 42.5 Å². The van der Waals surface area contributed by atoms with Crippen molar-refractivity contribution in [2.75, 3.05) is 11.4 Å². The molecule has 21 heavy (non-hydrogen) atoms. The van der Waals surface area contributed by atoms with E-state index in [1.165, 1.54) is 18.2 Å². The minimum absolute atomic E-state index is 0.160. The largest absolute Gasteiger partial charge is 0.388 e. The average molecular weight is 285 g/mol. The summed E-state index contributed by atoms with van der Waals surface area (Å²) in [5.41, 5.74) is 2.59. The van der Waals surface area contributed by atoms with Crippen LogP contribution in [-0.2, 0) is 0 Å². The summed E-state index contributed by atoms with van der Waals surface area (Å²) in [6, 6.07) is 11.5. The van der Waals surface area contributed by atoms with Crippen molar-refractivity contribution in [3.05, 3.63) is 65.0 Å². The summed E-state index contributed by atoms with van der Waals surface area (Å²) in [4.78, 5) is 14.4. The van der Waals surface area contributed by atoms with E-state index in [1.54, 1.807) is 11.8 Å². The normalized spacial score (nSPS) is 17.5. The first-order chi connectivity index (χ1) is 10.1. The summed E-state index contributed by atoms with van der Waals surface area (Å²) in [5, 5.41) is 10.0. The molecule has 0 saturated heterocycles. The lowest BCUT2D eigenvalue weighted by molar-refractivity contribution is 0.0970. The summed E-state index contributed by atoms with van der Waals surface area (Å²) >= 11 is 0. The van der Waals surface area contributed by atoms with Crippen molar-refractivity contribution in [2.24, 2.45) is 0 Å². The van der Waals surface area contributed by atoms with Crippen LogP contribution < -0.4 is 4.90 Å². The van der Waals surface area contributed by atoms with Gasteiger partial charge in [-0.05, 0) is 43.2 Å². The highest BCUT2D eigenvalue weighted by molar-refractivity contribution is 6.07. The lowest BCUT2D eigenvalue weighted by Gasteiger charge is -2.32. The minimum atomic E-state index is -0.542. The number of amides is 1. The van der Waals surface area contributed by atoms with Crippen molar-refractivity contribution >= 4 is 11.6 Å². The Morgan fingerprint density at radius 3 is 2.81 bits per heavy atom. The lowest BCUT2D eigenvalue weighted by atomic mass is 9.97. The Labute approximate surface area is 122 Å². The Morgan fingerprint density at radius 1 is 1.29 bits per heavy atom. The van der Waals surface area contributed by atoms with Gasteiger partial charge in [-0.25, -0.2) is 4.39 Å². The molecule has 2 aromatic carbocycles. The quantitative estimate of drug-likeness (QED) is 0.874. The molecular weight excluding hydrogens is 269 g/mol. The third-order valence-corrected chi connectivity index (χ3v) is 3.88. The molecule has 4 heteroatoms. The second-order valence-corrected chi connectivity index (χ2v) is 5.28. The number of aryl methyl sites for hydroxylation is 1. The highest BCUT2D eigenvalue weighted by Crippen LogP contribution is 2.34. The van der Waals surface area contributed by atoms with Gasteiger partial charge in [-0.2, -0.15) is 0 Å². The molecule has 0 aromatic heterocycles. The second-order valence-electron chi connectivity index (χ2n) is 5.28. The van der Waals surface area contributed by atoms with Crippen LogP contribution in [0.3, 0.4) is 0 Å². The standard InChI is InChI=1S/C17H16FNO2/c1-11-10-12(18)6-7-13(11)17(21)19-9-8-16(20)14-4-2-3-5-15(14)19/h2-7,10,16,20H,8-9H2,1H3. The first-order valence-electron chi connectivity index (χ1n) is 6.93. The number of carbonyl (C=O) groups is 1. The molecule has 1 heterocycles. The van der Waals surface area contributed by atoms with Crippen molar-refractivity contribution in [1.29, 1.82) is 0 Å². The van der Waals surface area contributed by atoms with Gasteiger partial charge in [0.1, 0.15) is 5.82 Å². The van der Waals surface area contributed by atoms with Gasteiger partial charge in [0.05, 0.1) is 6.10 Å². The zero-order valence-corrected chi connectivity index (χ0v) is 11.7. The number of para-hydroxylation sites is 1. The Balaban J connectivity index is 2.01. The predicted octanol–water partition coefficient (Wildman–Crippen LogP) is 3.22. The number of benzene rings is 2. The maximum absolute atomic E-state index is 13.2. The number of nitrogens with zero attached hydrogens (tertiary/aromatic N) is 1. The van der Waals surface area contributed by atoms with E-state index in [1.807, 2.05) is 24.3 Å². The molecule has 3 rings (SSSR count). The topological polar surface area (TPSA) is 40.5 Å². The minimum Gasteiger partial charge on any atom is -0.388 e. The first-order valence-corrected chi connectivity index (χ1v) is 6.93. The number of aliphatic hydroxyl groups excluding tert-OH is 1. The highest BCUT2D eigenvalue weighted by Gasteiger charge is 2.28. The van der Waals surface area contributed by atoms with Crippen LogP contribution in [0.2, 0.25) is 0 Å². The molecule has 1 N–H and O–H groups in total. The van der Waals surface area contributed by atoms with Crippen LogP contribution in [0.4, 0.5) is 10.1 Å². The number of hydrogen-bond acceptors (Lipinski definition) is 2. The van der Waals surface area contributed by atoms with Crippen molar-refractivity contribution < 1.29 is 14.3 Å². The third kappa shape index (κ3) is 2.43. The predicted molar refractivity (Wildman–Crippen MR) is 78.8 cm³/mol. The first kappa shape index (κ1) is 13.8. The van der Waals surface area contributed by atoms with Crippen LogP contribution >= 0.6 is 0 Å². The van der Waals surface area contributed by atoms with Gasteiger partial charge in [-0.15, -0.1) is 0 Å². The fourth-order valence-electron chi connectivity index (χ4n) is 2.77. The van der Waals surface area contributed by atoms with Gasteiger partial charge in [0, 0.05) is 23.4 Å². The molecule has 1 unspecified atom stereocenters. The Kier molecular flexibility index (Phi) is 3.47. The van der Waals surface area contributed by atoms with E-state index in [2.05, 4.69) is 0 Å². The van der Waals surface area contributed by atoms with Gasteiger partial charge in [0.25, 0.3) is 5.91 Å². The lowest BCUT2D eigenvalue weighted by Crippen LogP contribution is -2.37. The number of halogens is 1. The van der Waals surface area contributed by atoms with Crippen LogP contribution in [-0.4, -0.2) is 17.6 Å². The number of fused-ring (bicyclic) bond motifs is 1. The smallest absolute Gasteiger partial charge is 0.258 e. The Bertz CT molecular complexity index is 699. The molecule has 0 fully saturated rings. The van der Waals surface area contributed by atoms with E-state index in [4.69, 9.17) is 0 Å². The SMILES string of the molecule is Cc1cc(F)ccc1C(=O)N1CCC(O)c2ccccc21. The molecule has 1 amide bonds. The van der Waals surface area contributed by atoms with Crippen molar-refractivity contribution in [2.45, 2.75) is 19.4 Å². The molecule has 0 saturated carbocycles. The summed E-state index contributed by atoms with van der Waals surface area (Å²) in [6.45, 7) is 2.18. The molecular formula is C17H16FNO2. The van der Waals surface area contributed by atoms with Crippen molar-refractivity contribution in [3.8, 4) is 0 Å². The summed E-state index contributed by atoms with van der Waals surface area (Å²) in [6.07, 6.45) is -0.0391. The van der Waals surface area contributed by atoms with Crippen LogP contribution in [0.5, 0.6) is 0 Å². The van der Waals surface area contributed by atoms with Gasteiger partial charge in [-0.3, -0.25) is 4.79 Å². The van der Waals surface area contributed by atoms with E-state index in [0.29, 0.717) is 24.1 Å². The van der Waals surface area contributed by atoms with Crippen LogP contribution in [0.1, 0.15) is 34.0 Å². The van der Waals surface area contributed by atoms with Crippen LogP contribution in [0, 0.1) is 12.7 Å². The fraction of sp³-hybridized carbons (Fsp3) is 0.235. The van der Waals surface area contributed by atoms with Gasteiger partial charge in [0.15, 0.2) is 0 Å². The molecule has 0 radical (unpaired) electrons. The number of anilines is 1. The van der Waals surface area contributed by atoms with Gasteiger partial charge in [0.2, 0.25) is 0 Å². The molecule has 108 valence electrons. The number of rotatable bonds is 1. The van der Waals surface area contributed by atoms with Gasteiger partial charge in [-0.1, -0.05) is 18.2 Å². The number of aliphatic hydroxyl groups is 1. The number of carbonyl (C=O) groups excluding carboxylic acids is 1. The van der Waals surface area contributed by atoms with E-state index in [9.17, 15) is 14.3 Å². The van der Waals surface area contributed by atoms with Gasteiger partial charge < -0.3 is 10.0 Å². The molecule has 0 aliphatic carbocycles. The monoisotopic (exact) mass is 285 g/mol. The molecule has 0 spiro atoms. The summed E-state index contributed by atoms with van der Waals surface area (Å²) in [5.74, 6) is -0.509. The van der Waals surface area contributed by atoms with Gasteiger partial charge >= 0.3 is 0 Å². The fourth-order valence-corrected chi connectivity index (χ4v) is 2.77. The molecule has 0 bridgehead atoms. The van der Waals surface area contributed by atoms with E-state index in [-0.39, 0.29) is 11.7 Å². The third-order valence-electron chi connectivity index (χ3n) is 3.88. The number of hydrogen-bond donors (Lipinski definition) is 1. The van der Waals surface area contributed by atoms with E-state index in [0.717, 1.165) is 11.3 Å². The van der Waals surface area contributed by atoms with E-state index >= 15 is 0 Å². The molecule has 1 aliphatic heterocycles. The highest BCUT2D eigenvalue weighted by atomic mass is 19.1. The summed E-state index contributed by atoms with van der Waals surface area (Å²) in [7, 11) is 0.